The smallest absolute Gasteiger partial charge is 0.307 e. The Morgan fingerprint density at radius 1 is 1.41 bits per heavy atom. The van der Waals surface area contributed by atoms with Gasteiger partial charge in [0.05, 0.1) is 6.42 Å². The average molecular weight is 242 g/mol. The number of likely N-dealkylation sites (tertiary alicyclic amines) is 1. The molecule has 0 aromatic carbocycles. The fourth-order valence-electron chi connectivity index (χ4n) is 2.08. The van der Waals surface area contributed by atoms with Crippen molar-refractivity contribution in [1.29, 1.82) is 0 Å². The van der Waals surface area contributed by atoms with Crippen molar-refractivity contribution in [3.63, 3.8) is 0 Å². The molecule has 1 aliphatic rings. The standard InChI is InChI=1S/C13H26N2O2/c1-13(2,3)17-12(16)7-9-15-8-6-11(10-15)14(4)5/h11H,6-10H2,1-5H3. The van der Waals surface area contributed by atoms with Crippen LogP contribution in [0.3, 0.4) is 0 Å². The van der Waals surface area contributed by atoms with E-state index in [0.717, 1.165) is 19.6 Å². The van der Waals surface area contributed by atoms with Crippen LogP contribution < -0.4 is 0 Å². The van der Waals surface area contributed by atoms with Crippen molar-refractivity contribution in [3.8, 4) is 0 Å². The summed E-state index contributed by atoms with van der Waals surface area (Å²) in [4.78, 5) is 16.2. The number of carbonyl (C=O) groups excluding carboxylic acids is 1. The maximum Gasteiger partial charge on any atom is 0.307 e. The van der Waals surface area contributed by atoms with Gasteiger partial charge in [-0.2, -0.15) is 0 Å². The second kappa shape index (κ2) is 5.83. The third-order valence-electron chi connectivity index (χ3n) is 3.03. The molecule has 1 rings (SSSR count). The Morgan fingerprint density at radius 3 is 2.53 bits per heavy atom. The van der Waals surface area contributed by atoms with Gasteiger partial charge >= 0.3 is 5.97 Å². The van der Waals surface area contributed by atoms with Gasteiger partial charge in [-0.1, -0.05) is 0 Å². The Balaban J connectivity index is 2.22. The first-order valence-electron chi connectivity index (χ1n) is 6.38. The lowest BCUT2D eigenvalue weighted by Gasteiger charge is -2.22. The summed E-state index contributed by atoms with van der Waals surface area (Å²) in [6, 6.07) is 0.633. The van der Waals surface area contributed by atoms with Crippen LogP contribution in [0.1, 0.15) is 33.6 Å². The highest BCUT2D eigenvalue weighted by atomic mass is 16.6. The third-order valence-corrected chi connectivity index (χ3v) is 3.03. The van der Waals surface area contributed by atoms with E-state index in [1.165, 1.54) is 6.42 Å². The molecule has 1 aliphatic heterocycles. The van der Waals surface area contributed by atoms with Crippen LogP contribution in [-0.2, 0) is 9.53 Å². The van der Waals surface area contributed by atoms with E-state index in [2.05, 4.69) is 23.9 Å². The molecule has 0 radical (unpaired) electrons. The number of likely N-dealkylation sites (N-methyl/N-ethyl adjacent to an activating group) is 1. The molecule has 0 spiro atoms. The summed E-state index contributed by atoms with van der Waals surface area (Å²) < 4.78 is 5.30. The van der Waals surface area contributed by atoms with Crippen molar-refractivity contribution in [2.75, 3.05) is 33.7 Å². The van der Waals surface area contributed by atoms with Crippen LogP contribution >= 0.6 is 0 Å². The van der Waals surface area contributed by atoms with Gasteiger partial charge in [-0.3, -0.25) is 4.79 Å². The lowest BCUT2D eigenvalue weighted by molar-refractivity contribution is -0.155. The van der Waals surface area contributed by atoms with Crippen molar-refractivity contribution in [3.05, 3.63) is 0 Å². The van der Waals surface area contributed by atoms with Crippen molar-refractivity contribution in [1.82, 2.24) is 9.80 Å². The van der Waals surface area contributed by atoms with Gasteiger partial charge in [0.1, 0.15) is 5.60 Å². The summed E-state index contributed by atoms with van der Waals surface area (Å²) in [5, 5.41) is 0. The fraction of sp³-hybridized carbons (Fsp3) is 0.923. The highest BCUT2D eigenvalue weighted by molar-refractivity contribution is 5.70. The van der Waals surface area contributed by atoms with E-state index < -0.39 is 0 Å². The van der Waals surface area contributed by atoms with Crippen molar-refractivity contribution < 1.29 is 9.53 Å². The molecule has 1 saturated heterocycles. The van der Waals surface area contributed by atoms with Gasteiger partial charge in [-0.05, 0) is 47.8 Å². The van der Waals surface area contributed by atoms with Gasteiger partial charge in [0.2, 0.25) is 0 Å². The molecule has 1 unspecified atom stereocenters. The molecular weight excluding hydrogens is 216 g/mol. The molecule has 0 saturated carbocycles. The van der Waals surface area contributed by atoms with Gasteiger partial charge in [-0.15, -0.1) is 0 Å². The molecule has 0 aromatic heterocycles. The van der Waals surface area contributed by atoms with Crippen LogP contribution in [0.5, 0.6) is 0 Å². The number of esters is 1. The number of hydrogen-bond donors (Lipinski definition) is 0. The highest BCUT2D eigenvalue weighted by Crippen LogP contribution is 2.14. The molecule has 4 nitrogen and oxygen atoms in total. The summed E-state index contributed by atoms with van der Waals surface area (Å²) in [7, 11) is 4.23. The molecule has 0 aliphatic carbocycles. The van der Waals surface area contributed by atoms with E-state index >= 15 is 0 Å². The lowest BCUT2D eigenvalue weighted by atomic mass is 10.2. The second-order valence-corrected chi connectivity index (χ2v) is 6.04. The first-order chi connectivity index (χ1) is 7.78. The summed E-state index contributed by atoms with van der Waals surface area (Å²) in [6.07, 6.45) is 1.69. The van der Waals surface area contributed by atoms with E-state index in [1.807, 2.05) is 20.8 Å². The Labute approximate surface area is 105 Å². The zero-order valence-corrected chi connectivity index (χ0v) is 11.8. The third kappa shape index (κ3) is 5.50. The van der Waals surface area contributed by atoms with Crippen LogP contribution in [-0.4, -0.2) is 61.1 Å². The van der Waals surface area contributed by atoms with Crippen LogP contribution in [0.15, 0.2) is 0 Å². The normalized spacial score (nSPS) is 22.1. The number of nitrogens with zero attached hydrogens (tertiary/aromatic N) is 2. The maximum atomic E-state index is 11.6. The minimum atomic E-state index is -0.367. The largest absolute Gasteiger partial charge is 0.460 e. The Kier molecular flexibility index (Phi) is 4.95. The summed E-state index contributed by atoms with van der Waals surface area (Å²) in [6.45, 7) is 8.69. The molecular formula is C13H26N2O2. The van der Waals surface area contributed by atoms with Crippen molar-refractivity contribution in [2.24, 2.45) is 0 Å². The Bertz CT molecular complexity index is 259. The zero-order valence-electron chi connectivity index (χ0n) is 11.8. The number of carbonyl (C=O) groups is 1. The second-order valence-electron chi connectivity index (χ2n) is 6.04. The van der Waals surface area contributed by atoms with Gasteiger partial charge in [0.25, 0.3) is 0 Å². The summed E-state index contributed by atoms with van der Waals surface area (Å²) >= 11 is 0. The van der Waals surface area contributed by atoms with E-state index in [-0.39, 0.29) is 11.6 Å². The molecule has 0 amide bonds. The van der Waals surface area contributed by atoms with Gasteiger partial charge in [-0.25, -0.2) is 0 Å². The zero-order chi connectivity index (χ0) is 13.1. The number of hydrogen-bond acceptors (Lipinski definition) is 4. The predicted molar refractivity (Wildman–Crippen MR) is 69.0 cm³/mol. The predicted octanol–water partition coefficient (Wildman–Crippen LogP) is 1.35. The summed E-state index contributed by atoms with van der Waals surface area (Å²) in [5.74, 6) is -0.0918. The minimum Gasteiger partial charge on any atom is -0.460 e. The molecule has 100 valence electrons. The van der Waals surface area contributed by atoms with Crippen molar-refractivity contribution >= 4 is 5.97 Å². The molecule has 4 heteroatoms. The molecule has 0 aromatic rings. The van der Waals surface area contributed by atoms with Crippen LogP contribution in [0.4, 0.5) is 0 Å². The first kappa shape index (κ1) is 14.5. The quantitative estimate of drug-likeness (QED) is 0.697. The minimum absolute atomic E-state index is 0.0918. The number of rotatable bonds is 4. The molecule has 1 fully saturated rings. The monoisotopic (exact) mass is 242 g/mol. The van der Waals surface area contributed by atoms with Gasteiger partial charge < -0.3 is 14.5 Å². The average Bonchev–Trinajstić information content (AvgIpc) is 2.60. The van der Waals surface area contributed by atoms with Gasteiger partial charge in [0, 0.05) is 19.1 Å². The van der Waals surface area contributed by atoms with Crippen LogP contribution in [0, 0.1) is 0 Å². The first-order valence-corrected chi connectivity index (χ1v) is 6.38. The van der Waals surface area contributed by atoms with Crippen LogP contribution in [0.2, 0.25) is 0 Å². The van der Waals surface area contributed by atoms with E-state index in [1.54, 1.807) is 0 Å². The molecule has 1 heterocycles. The Hall–Kier alpha value is -0.610. The molecule has 0 N–H and O–H groups in total. The van der Waals surface area contributed by atoms with E-state index in [4.69, 9.17) is 4.74 Å². The molecule has 1 atom stereocenters. The highest BCUT2D eigenvalue weighted by Gasteiger charge is 2.24. The Morgan fingerprint density at radius 2 is 2.06 bits per heavy atom. The molecule has 0 bridgehead atoms. The molecule has 17 heavy (non-hydrogen) atoms. The topological polar surface area (TPSA) is 32.8 Å². The number of ether oxygens (including phenoxy) is 1. The SMILES string of the molecule is CN(C)C1CCN(CCC(=O)OC(C)(C)C)C1. The van der Waals surface area contributed by atoms with E-state index in [9.17, 15) is 4.79 Å². The van der Waals surface area contributed by atoms with Crippen LogP contribution in [0.25, 0.3) is 0 Å². The maximum absolute atomic E-state index is 11.6. The van der Waals surface area contributed by atoms with Crippen molar-refractivity contribution in [2.45, 2.75) is 45.3 Å². The lowest BCUT2D eigenvalue weighted by Crippen LogP contribution is -2.33. The van der Waals surface area contributed by atoms with E-state index in [0.29, 0.717) is 12.5 Å². The fourth-order valence-corrected chi connectivity index (χ4v) is 2.08. The summed E-state index contributed by atoms with van der Waals surface area (Å²) in [5.41, 5.74) is -0.367. The van der Waals surface area contributed by atoms with Gasteiger partial charge in [0.15, 0.2) is 0 Å².